The molecule has 0 bridgehead atoms. The fraction of sp³-hybridized carbons (Fsp3) is 0.0588. The lowest BCUT2D eigenvalue weighted by Gasteiger charge is -2.11. The molecular weight excluding hydrogens is 342 g/mol. The van der Waals surface area contributed by atoms with E-state index in [4.69, 9.17) is 16.6 Å². The number of hydrogen-bond acceptors (Lipinski definition) is 6. The standard InChI is InChI=1S/C17H11N3O2S2/c21-16-15(24-17(23)20(16)10-12-4-3-7-22-12)8-11-9-18-13-5-1-2-6-14(13)19-11/h1-9H,10H2/b15-8+. The highest BCUT2D eigenvalue weighted by molar-refractivity contribution is 8.26. The molecule has 5 nitrogen and oxygen atoms in total. The lowest BCUT2D eigenvalue weighted by atomic mass is 10.3. The van der Waals surface area contributed by atoms with E-state index >= 15 is 0 Å². The molecule has 7 heteroatoms. The quantitative estimate of drug-likeness (QED) is 0.529. The minimum Gasteiger partial charge on any atom is -0.467 e. The van der Waals surface area contributed by atoms with Gasteiger partial charge in [0.15, 0.2) is 0 Å². The minimum absolute atomic E-state index is 0.142. The number of carbonyl (C=O) groups excluding carboxylic acids is 1. The van der Waals surface area contributed by atoms with Crippen LogP contribution in [0.5, 0.6) is 0 Å². The van der Waals surface area contributed by atoms with E-state index in [-0.39, 0.29) is 5.91 Å². The van der Waals surface area contributed by atoms with Crippen molar-refractivity contribution < 1.29 is 9.21 Å². The maximum Gasteiger partial charge on any atom is 0.266 e. The van der Waals surface area contributed by atoms with Crippen LogP contribution in [0.25, 0.3) is 17.1 Å². The van der Waals surface area contributed by atoms with Crippen LogP contribution in [0, 0.1) is 0 Å². The Balaban J connectivity index is 1.62. The first kappa shape index (κ1) is 15.0. The molecule has 0 atom stereocenters. The third-order valence-electron chi connectivity index (χ3n) is 3.51. The zero-order valence-electron chi connectivity index (χ0n) is 12.4. The van der Waals surface area contributed by atoms with Crippen LogP contribution in [-0.2, 0) is 11.3 Å². The van der Waals surface area contributed by atoms with Gasteiger partial charge in [0.1, 0.15) is 10.1 Å². The molecule has 0 unspecified atom stereocenters. The predicted octanol–water partition coefficient (Wildman–Crippen LogP) is 3.62. The first-order valence-electron chi connectivity index (χ1n) is 7.20. The number of furan rings is 1. The number of rotatable bonds is 3. The molecule has 0 radical (unpaired) electrons. The second-order valence-electron chi connectivity index (χ2n) is 5.13. The Hall–Kier alpha value is -2.51. The summed E-state index contributed by atoms with van der Waals surface area (Å²) in [7, 11) is 0. The van der Waals surface area contributed by atoms with Gasteiger partial charge >= 0.3 is 0 Å². The zero-order chi connectivity index (χ0) is 16.5. The van der Waals surface area contributed by atoms with Crippen molar-refractivity contribution in [2.45, 2.75) is 6.54 Å². The molecule has 0 aliphatic carbocycles. The van der Waals surface area contributed by atoms with Crippen LogP contribution < -0.4 is 0 Å². The van der Waals surface area contributed by atoms with Crippen LogP contribution in [0.3, 0.4) is 0 Å². The van der Waals surface area contributed by atoms with E-state index in [0.717, 1.165) is 11.0 Å². The molecule has 1 aromatic carbocycles. The summed E-state index contributed by atoms with van der Waals surface area (Å²) in [5.74, 6) is 0.550. The molecule has 4 rings (SSSR count). The molecule has 1 aliphatic heterocycles. The Labute approximate surface area is 147 Å². The number of hydrogen-bond donors (Lipinski definition) is 0. The number of thiocarbonyl (C=S) groups is 1. The lowest BCUT2D eigenvalue weighted by molar-refractivity contribution is -0.122. The number of benzene rings is 1. The summed E-state index contributed by atoms with van der Waals surface area (Å²) in [4.78, 5) is 23.5. The van der Waals surface area contributed by atoms with Gasteiger partial charge in [-0.15, -0.1) is 0 Å². The van der Waals surface area contributed by atoms with Crippen LogP contribution in [0.2, 0.25) is 0 Å². The van der Waals surface area contributed by atoms with Gasteiger partial charge in [-0.1, -0.05) is 36.1 Å². The van der Waals surface area contributed by atoms with Crippen LogP contribution in [0.4, 0.5) is 0 Å². The third-order valence-corrected chi connectivity index (χ3v) is 4.89. The Morgan fingerprint density at radius 1 is 1.21 bits per heavy atom. The molecule has 2 aromatic heterocycles. The van der Waals surface area contributed by atoms with Crippen molar-refractivity contribution in [2.75, 3.05) is 0 Å². The fourth-order valence-electron chi connectivity index (χ4n) is 2.37. The van der Waals surface area contributed by atoms with Crippen molar-refractivity contribution in [2.24, 2.45) is 0 Å². The second-order valence-corrected chi connectivity index (χ2v) is 6.81. The van der Waals surface area contributed by atoms with Gasteiger partial charge in [-0.05, 0) is 30.3 Å². The van der Waals surface area contributed by atoms with E-state index < -0.39 is 0 Å². The number of fused-ring (bicyclic) bond motifs is 1. The highest BCUT2D eigenvalue weighted by Crippen LogP contribution is 2.33. The number of amides is 1. The molecule has 3 aromatic rings. The lowest BCUT2D eigenvalue weighted by Crippen LogP contribution is -2.27. The van der Waals surface area contributed by atoms with Crippen LogP contribution in [-0.4, -0.2) is 25.1 Å². The van der Waals surface area contributed by atoms with E-state index in [9.17, 15) is 4.79 Å². The Bertz CT molecular complexity index is 967. The molecular formula is C17H11N3O2S2. The number of nitrogens with zero attached hydrogens (tertiary/aromatic N) is 3. The largest absolute Gasteiger partial charge is 0.467 e. The van der Waals surface area contributed by atoms with E-state index in [2.05, 4.69) is 9.97 Å². The maximum atomic E-state index is 12.6. The SMILES string of the molecule is O=C1/C(=C\c2cnc3ccccc3n2)SC(=S)N1Cc1ccco1. The van der Waals surface area contributed by atoms with Crippen LogP contribution in [0.1, 0.15) is 11.5 Å². The molecule has 0 spiro atoms. The molecule has 24 heavy (non-hydrogen) atoms. The summed E-state index contributed by atoms with van der Waals surface area (Å²) in [6.07, 6.45) is 4.95. The number of aromatic nitrogens is 2. The summed E-state index contributed by atoms with van der Waals surface area (Å²) in [5, 5.41) is 0. The fourth-order valence-corrected chi connectivity index (χ4v) is 3.61. The molecule has 3 heterocycles. The Kier molecular flexibility index (Phi) is 3.87. The molecule has 0 saturated carbocycles. The van der Waals surface area contributed by atoms with E-state index in [1.807, 2.05) is 30.3 Å². The van der Waals surface area contributed by atoms with E-state index in [1.165, 1.54) is 16.7 Å². The van der Waals surface area contributed by atoms with Crippen LogP contribution in [0.15, 0.2) is 58.2 Å². The van der Waals surface area contributed by atoms with Crippen molar-refractivity contribution >= 4 is 51.3 Å². The van der Waals surface area contributed by atoms with Crippen LogP contribution >= 0.6 is 24.0 Å². The summed E-state index contributed by atoms with van der Waals surface area (Å²) < 4.78 is 5.80. The normalized spacial score (nSPS) is 16.5. The highest BCUT2D eigenvalue weighted by Gasteiger charge is 2.32. The van der Waals surface area contributed by atoms with Gasteiger partial charge in [0.2, 0.25) is 0 Å². The first-order chi connectivity index (χ1) is 11.7. The van der Waals surface area contributed by atoms with Gasteiger partial charge in [0.25, 0.3) is 5.91 Å². The predicted molar refractivity (Wildman–Crippen MR) is 97.0 cm³/mol. The van der Waals surface area contributed by atoms with E-state index in [1.54, 1.807) is 24.6 Å². The molecule has 1 fully saturated rings. The number of carbonyl (C=O) groups is 1. The highest BCUT2D eigenvalue weighted by atomic mass is 32.2. The molecule has 0 N–H and O–H groups in total. The van der Waals surface area contributed by atoms with Gasteiger partial charge in [-0.2, -0.15) is 0 Å². The van der Waals surface area contributed by atoms with Crippen molar-refractivity contribution in [1.29, 1.82) is 0 Å². The van der Waals surface area contributed by atoms with Crippen molar-refractivity contribution in [3.63, 3.8) is 0 Å². The molecule has 1 saturated heterocycles. The minimum atomic E-state index is -0.142. The van der Waals surface area contributed by atoms with Crippen molar-refractivity contribution in [3.8, 4) is 0 Å². The monoisotopic (exact) mass is 353 g/mol. The maximum absolute atomic E-state index is 12.6. The summed E-state index contributed by atoms with van der Waals surface area (Å²) in [6.45, 7) is 0.332. The molecule has 1 aliphatic rings. The van der Waals surface area contributed by atoms with Crippen molar-refractivity contribution in [3.05, 3.63) is 65.2 Å². The first-order valence-corrected chi connectivity index (χ1v) is 8.43. The molecule has 1 amide bonds. The summed E-state index contributed by atoms with van der Waals surface area (Å²) in [6, 6.07) is 11.2. The Morgan fingerprint density at radius 3 is 2.83 bits per heavy atom. The van der Waals surface area contributed by atoms with Gasteiger partial charge in [-0.25, -0.2) is 4.98 Å². The third kappa shape index (κ3) is 2.83. The average molecular weight is 353 g/mol. The van der Waals surface area contributed by atoms with Gasteiger partial charge in [-0.3, -0.25) is 14.7 Å². The number of thioether (sulfide) groups is 1. The molecule has 118 valence electrons. The summed E-state index contributed by atoms with van der Waals surface area (Å²) >= 11 is 6.57. The smallest absolute Gasteiger partial charge is 0.266 e. The summed E-state index contributed by atoms with van der Waals surface area (Å²) in [5.41, 5.74) is 2.24. The topological polar surface area (TPSA) is 59.2 Å². The van der Waals surface area contributed by atoms with Gasteiger partial charge in [0, 0.05) is 0 Å². The zero-order valence-corrected chi connectivity index (χ0v) is 14.0. The van der Waals surface area contributed by atoms with E-state index in [0.29, 0.717) is 27.2 Å². The average Bonchev–Trinajstić information content (AvgIpc) is 3.19. The number of para-hydroxylation sites is 2. The van der Waals surface area contributed by atoms with Crippen molar-refractivity contribution in [1.82, 2.24) is 14.9 Å². The Morgan fingerprint density at radius 2 is 2.04 bits per heavy atom. The second kappa shape index (κ2) is 6.18. The van der Waals surface area contributed by atoms with Gasteiger partial charge < -0.3 is 4.42 Å². The van der Waals surface area contributed by atoms with Gasteiger partial charge in [0.05, 0.1) is 40.6 Å².